The number of alkyl halides is 3. The van der Waals surface area contributed by atoms with Crippen LogP contribution in [0.1, 0.15) is 31.5 Å². The van der Waals surface area contributed by atoms with E-state index in [1.807, 2.05) is 0 Å². The van der Waals surface area contributed by atoms with Gasteiger partial charge in [0.25, 0.3) is 0 Å². The van der Waals surface area contributed by atoms with Gasteiger partial charge in [-0.25, -0.2) is 9.97 Å². The van der Waals surface area contributed by atoms with Crippen molar-refractivity contribution in [3.8, 4) is 0 Å². The van der Waals surface area contributed by atoms with E-state index in [0.717, 1.165) is 12.8 Å². The summed E-state index contributed by atoms with van der Waals surface area (Å²) in [5, 5.41) is 12.8. The van der Waals surface area contributed by atoms with E-state index in [-0.39, 0.29) is 18.2 Å². The Kier molecular flexibility index (Phi) is 3.53. The minimum absolute atomic E-state index is 0.0276. The first-order valence-electron chi connectivity index (χ1n) is 5.97. The summed E-state index contributed by atoms with van der Waals surface area (Å²) in [6.07, 6.45) is -1.55. The molecule has 5 nitrogen and oxygen atoms in total. The summed E-state index contributed by atoms with van der Waals surface area (Å²) in [6.45, 7) is 0.154. The van der Waals surface area contributed by atoms with Crippen LogP contribution in [0.3, 0.4) is 0 Å². The fourth-order valence-corrected chi connectivity index (χ4v) is 2.15. The van der Waals surface area contributed by atoms with Gasteiger partial charge >= 0.3 is 6.18 Å². The Morgan fingerprint density at radius 1 is 1.32 bits per heavy atom. The van der Waals surface area contributed by atoms with Gasteiger partial charge in [-0.05, 0) is 12.8 Å². The van der Waals surface area contributed by atoms with Crippen LogP contribution in [0.5, 0.6) is 0 Å². The first-order chi connectivity index (χ1) is 8.78. The molecule has 0 atom stereocenters. The molecule has 1 aliphatic rings. The van der Waals surface area contributed by atoms with Crippen LogP contribution in [0.2, 0.25) is 0 Å². The smallest absolute Gasteiger partial charge is 0.388 e. The molecule has 0 spiro atoms. The Balaban J connectivity index is 2.10. The molecule has 0 saturated heterocycles. The number of nitrogens with zero attached hydrogens (tertiary/aromatic N) is 2. The van der Waals surface area contributed by atoms with E-state index >= 15 is 0 Å². The van der Waals surface area contributed by atoms with Gasteiger partial charge in [0.15, 0.2) is 0 Å². The number of anilines is 2. The molecule has 0 unspecified atom stereocenters. The summed E-state index contributed by atoms with van der Waals surface area (Å²) in [4.78, 5) is 6.50. The minimum Gasteiger partial charge on any atom is -0.388 e. The molecule has 1 aliphatic carbocycles. The van der Waals surface area contributed by atoms with Crippen molar-refractivity contribution < 1.29 is 18.3 Å². The molecule has 2 rings (SSSR count). The fraction of sp³-hybridized carbons (Fsp3) is 0.636. The molecule has 19 heavy (non-hydrogen) atoms. The van der Waals surface area contributed by atoms with Crippen LogP contribution in [-0.4, -0.2) is 27.2 Å². The maximum atomic E-state index is 12.5. The highest BCUT2D eigenvalue weighted by molar-refractivity contribution is 5.45. The highest BCUT2D eigenvalue weighted by Crippen LogP contribution is 2.30. The van der Waals surface area contributed by atoms with Gasteiger partial charge < -0.3 is 16.2 Å². The van der Waals surface area contributed by atoms with Crippen molar-refractivity contribution in [3.05, 3.63) is 11.9 Å². The third kappa shape index (κ3) is 3.46. The lowest BCUT2D eigenvalue weighted by Crippen LogP contribution is -2.33. The Hall–Kier alpha value is -1.57. The predicted octanol–water partition coefficient (Wildman–Crippen LogP) is 1.79. The average Bonchev–Trinajstić information content (AvgIpc) is 2.72. The topological polar surface area (TPSA) is 84.1 Å². The van der Waals surface area contributed by atoms with Gasteiger partial charge in [-0.2, -0.15) is 13.2 Å². The number of rotatable bonds is 3. The number of nitrogens with two attached hydrogens (primary N) is 1. The largest absolute Gasteiger partial charge is 0.451 e. The maximum Gasteiger partial charge on any atom is 0.451 e. The second-order valence-corrected chi connectivity index (χ2v) is 4.78. The minimum atomic E-state index is -4.64. The molecule has 1 fully saturated rings. The molecule has 0 aliphatic heterocycles. The van der Waals surface area contributed by atoms with Crippen LogP contribution in [0.25, 0.3) is 0 Å². The number of nitrogen functional groups attached to an aromatic ring is 1. The molecule has 4 N–H and O–H groups in total. The van der Waals surface area contributed by atoms with E-state index in [2.05, 4.69) is 15.3 Å². The SMILES string of the molecule is Nc1cc(NCC2(O)CCCC2)nc(C(F)(F)F)n1. The zero-order valence-electron chi connectivity index (χ0n) is 10.2. The Morgan fingerprint density at radius 3 is 2.53 bits per heavy atom. The van der Waals surface area contributed by atoms with Crippen LogP contribution < -0.4 is 11.1 Å². The van der Waals surface area contributed by atoms with Crippen LogP contribution in [0.4, 0.5) is 24.8 Å². The number of hydrogen-bond donors (Lipinski definition) is 3. The van der Waals surface area contributed by atoms with Crippen molar-refractivity contribution in [2.45, 2.75) is 37.5 Å². The van der Waals surface area contributed by atoms with Crippen molar-refractivity contribution in [3.63, 3.8) is 0 Å². The molecule has 0 bridgehead atoms. The van der Waals surface area contributed by atoms with Gasteiger partial charge in [0.05, 0.1) is 5.60 Å². The highest BCUT2D eigenvalue weighted by atomic mass is 19.4. The van der Waals surface area contributed by atoms with Gasteiger partial charge in [-0.3, -0.25) is 0 Å². The summed E-state index contributed by atoms with van der Waals surface area (Å²) in [5.74, 6) is -1.57. The van der Waals surface area contributed by atoms with E-state index < -0.39 is 17.6 Å². The van der Waals surface area contributed by atoms with Crippen LogP contribution in [-0.2, 0) is 6.18 Å². The third-order valence-electron chi connectivity index (χ3n) is 3.13. The van der Waals surface area contributed by atoms with E-state index in [9.17, 15) is 18.3 Å². The van der Waals surface area contributed by atoms with Gasteiger partial charge in [0, 0.05) is 12.6 Å². The van der Waals surface area contributed by atoms with Crippen molar-refractivity contribution >= 4 is 11.6 Å². The highest BCUT2D eigenvalue weighted by Gasteiger charge is 2.36. The number of aliphatic hydroxyl groups is 1. The Bertz CT molecular complexity index is 458. The number of halogens is 3. The zero-order chi connectivity index (χ0) is 14.1. The second-order valence-electron chi connectivity index (χ2n) is 4.78. The lowest BCUT2D eigenvalue weighted by atomic mass is 10.0. The average molecular weight is 276 g/mol. The second kappa shape index (κ2) is 4.84. The summed E-state index contributed by atoms with van der Waals surface area (Å²) < 4.78 is 37.5. The number of nitrogens with one attached hydrogen (secondary N) is 1. The van der Waals surface area contributed by atoms with Crippen LogP contribution in [0, 0.1) is 0 Å². The van der Waals surface area contributed by atoms with E-state index in [1.165, 1.54) is 6.07 Å². The number of aromatic nitrogens is 2. The zero-order valence-corrected chi connectivity index (χ0v) is 10.2. The molecular formula is C11H15F3N4O. The van der Waals surface area contributed by atoms with Gasteiger partial charge in [0.2, 0.25) is 5.82 Å². The lowest BCUT2D eigenvalue weighted by molar-refractivity contribution is -0.144. The first-order valence-corrected chi connectivity index (χ1v) is 5.97. The quantitative estimate of drug-likeness (QED) is 0.784. The lowest BCUT2D eigenvalue weighted by Gasteiger charge is -2.22. The van der Waals surface area contributed by atoms with Gasteiger partial charge in [0.1, 0.15) is 11.6 Å². The molecule has 1 saturated carbocycles. The molecule has 1 aromatic heterocycles. The van der Waals surface area contributed by atoms with Crippen molar-refractivity contribution in [2.24, 2.45) is 0 Å². The Morgan fingerprint density at radius 2 is 1.95 bits per heavy atom. The van der Waals surface area contributed by atoms with E-state index in [0.29, 0.717) is 12.8 Å². The monoisotopic (exact) mass is 276 g/mol. The molecule has 0 aromatic carbocycles. The summed E-state index contributed by atoms with van der Waals surface area (Å²) >= 11 is 0. The van der Waals surface area contributed by atoms with Crippen molar-refractivity contribution in [1.82, 2.24) is 9.97 Å². The van der Waals surface area contributed by atoms with Gasteiger partial charge in [-0.1, -0.05) is 12.8 Å². The molecule has 106 valence electrons. The molecule has 0 radical (unpaired) electrons. The van der Waals surface area contributed by atoms with Crippen molar-refractivity contribution in [2.75, 3.05) is 17.6 Å². The normalized spacial score (nSPS) is 18.5. The molecule has 1 aromatic rings. The Labute approximate surface area is 108 Å². The predicted molar refractivity (Wildman–Crippen MR) is 63.4 cm³/mol. The molecule has 0 amide bonds. The standard InChI is InChI=1S/C11H15F3N4O/c12-11(13,14)9-17-7(15)5-8(18-9)16-6-10(19)3-1-2-4-10/h5,19H,1-4,6H2,(H3,15,16,17,18). The van der Waals surface area contributed by atoms with E-state index in [4.69, 9.17) is 5.73 Å². The first kappa shape index (κ1) is 13.9. The number of hydrogen-bond acceptors (Lipinski definition) is 5. The van der Waals surface area contributed by atoms with E-state index in [1.54, 1.807) is 0 Å². The molecule has 8 heteroatoms. The van der Waals surface area contributed by atoms with Crippen LogP contribution in [0.15, 0.2) is 6.07 Å². The molecule has 1 heterocycles. The third-order valence-corrected chi connectivity index (χ3v) is 3.13. The van der Waals surface area contributed by atoms with Crippen LogP contribution >= 0.6 is 0 Å². The maximum absolute atomic E-state index is 12.5. The van der Waals surface area contributed by atoms with Crippen molar-refractivity contribution in [1.29, 1.82) is 0 Å². The molecular weight excluding hydrogens is 261 g/mol. The summed E-state index contributed by atoms with van der Waals surface area (Å²) in [5.41, 5.74) is 4.44. The summed E-state index contributed by atoms with van der Waals surface area (Å²) in [6, 6.07) is 1.22. The summed E-state index contributed by atoms with van der Waals surface area (Å²) in [7, 11) is 0. The fourth-order valence-electron chi connectivity index (χ4n) is 2.15. The van der Waals surface area contributed by atoms with Gasteiger partial charge in [-0.15, -0.1) is 0 Å².